The van der Waals surface area contributed by atoms with Crippen molar-refractivity contribution in [3.8, 4) is 0 Å². The number of benzene rings is 2. The maximum absolute atomic E-state index is 13.0. The molecule has 0 amide bonds. The van der Waals surface area contributed by atoms with E-state index in [1.807, 2.05) is 12.1 Å². The molecule has 0 atom stereocenters. The molecule has 2 aromatic carbocycles. The number of aryl methyl sites for hydroxylation is 1. The number of unbranched alkanes of at least 4 members (excludes halogenated alkanes) is 9. The first kappa shape index (κ1) is 24.9. The Hall–Kier alpha value is -2.34. The minimum atomic E-state index is -3.88. The number of rotatable bonds is 15. The van der Waals surface area contributed by atoms with Crippen LogP contribution in [0.2, 0.25) is 0 Å². The molecule has 2 rings (SSSR count). The van der Waals surface area contributed by atoms with Gasteiger partial charge in [0.2, 0.25) is 0 Å². The van der Waals surface area contributed by atoms with Crippen LogP contribution in [-0.4, -0.2) is 19.5 Å². The fourth-order valence-electron chi connectivity index (χ4n) is 3.73. The van der Waals surface area contributed by atoms with Gasteiger partial charge in [-0.25, -0.2) is 13.2 Å². The Morgan fingerprint density at radius 1 is 0.806 bits per heavy atom. The molecule has 5 nitrogen and oxygen atoms in total. The van der Waals surface area contributed by atoms with Gasteiger partial charge < -0.3 is 5.11 Å². The molecule has 0 saturated carbocycles. The van der Waals surface area contributed by atoms with Crippen LogP contribution < -0.4 is 4.72 Å². The minimum Gasteiger partial charge on any atom is -0.478 e. The van der Waals surface area contributed by atoms with Gasteiger partial charge in [0.05, 0.1) is 16.1 Å². The van der Waals surface area contributed by atoms with Gasteiger partial charge in [0.1, 0.15) is 0 Å². The third-order valence-corrected chi connectivity index (χ3v) is 6.93. The third kappa shape index (κ3) is 8.37. The van der Waals surface area contributed by atoms with Gasteiger partial charge in [-0.15, -0.1) is 0 Å². The summed E-state index contributed by atoms with van der Waals surface area (Å²) in [6, 6.07) is 13.0. The normalized spacial score (nSPS) is 11.4. The zero-order chi connectivity index (χ0) is 22.5. The van der Waals surface area contributed by atoms with Crippen molar-refractivity contribution in [2.75, 3.05) is 4.72 Å². The lowest BCUT2D eigenvalue weighted by Crippen LogP contribution is -2.17. The highest BCUT2D eigenvalue weighted by Crippen LogP contribution is 2.24. The average molecular weight is 446 g/mol. The molecule has 0 fully saturated rings. The molecular weight excluding hydrogens is 410 g/mol. The van der Waals surface area contributed by atoms with Crippen LogP contribution in [0.15, 0.2) is 53.4 Å². The number of nitrogens with one attached hydrogen (secondary N) is 1. The number of carbonyl (C=O) groups is 1. The molecular formula is C25H35NO4S. The number of aromatic carboxylic acids is 1. The summed E-state index contributed by atoms with van der Waals surface area (Å²) in [6.07, 6.45) is 13.0. The molecule has 2 N–H and O–H groups in total. The zero-order valence-electron chi connectivity index (χ0n) is 18.5. The van der Waals surface area contributed by atoms with Crippen LogP contribution in [0, 0.1) is 0 Å². The van der Waals surface area contributed by atoms with E-state index in [9.17, 15) is 18.3 Å². The van der Waals surface area contributed by atoms with Crippen molar-refractivity contribution in [1.29, 1.82) is 0 Å². The van der Waals surface area contributed by atoms with Crippen LogP contribution in [0.3, 0.4) is 0 Å². The Balaban J connectivity index is 1.89. The monoisotopic (exact) mass is 445 g/mol. The van der Waals surface area contributed by atoms with E-state index in [4.69, 9.17) is 0 Å². The average Bonchev–Trinajstić information content (AvgIpc) is 2.75. The van der Waals surface area contributed by atoms with Gasteiger partial charge in [0.25, 0.3) is 10.0 Å². The lowest BCUT2D eigenvalue weighted by atomic mass is 10.0. The topological polar surface area (TPSA) is 83.5 Å². The van der Waals surface area contributed by atoms with Gasteiger partial charge >= 0.3 is 5.97 Å². The number of hydrogen-bond donors (Lipinski definition) is 2. The van der Waals surface area contributed by atoms with Gasteiger partial charge in [0, 0.05) is 0 Å². The number of carboxylic acid groups (broad SMARTS) is 1. The summed E-state index contributed by atoms with van der Waals surface area (Å²) in [4.78, 5) is 11.6. The van der Waals surface area contributed by atoms with Crippen LogP contribution in [-0.2, 0) is 16.4 Å². The van der Waals surface area contributed by atoms with E-state index in [2.05, 4.69) is 11.6 Å². The second kappa shape index (κ2) is 13.2. The molecule has 0 radical (unpaired) electrons. The van der Waals surface area contributed by atoms with Crippen molar-refractivity contribution in [1.82, 2.24) is 0 Å². The summed E-state index contributed by atoms with van der Waals surface area (Å²) >= 11 is 0. The van der Waals surface area contributed by atoms with Crippen molar-refractivity contribution >= 4 is 21.7 Å². The zero-order valence-corrected chi connectivity index (χ0v) is 19.3. The van der Waals surface area contributed by atoms with E-state index in [0.717, 1.165) is 18.4 Å². The van der Waals surface area contributed by atoms with Crippen LogP contribution in [0.1, 0.15) is 87.1 Å². The molecule has 6 heteroatoms. The van der Waals surface area contributed by atoms with E-state index in [1.165, 1.54) is 63.5 Å². The molecule has 2 aromatic rings. The van der Waals surface area contributed by atoms with Crippen LogP contribution in [0.4, 0.5) is 5.69 Å². The Morgan fingerprint density at radius 3 is 2.00 bits per heavy atom. The number of anilines is 1. The first-order valence-electron chi connectivity index (χ1n) is 11.4. The van der Waals surface area contributed by atoms with Crippen LogP contribution in [0.5, 0.6) is 0 Å². The highest BCUT2D eigenvalue weighted by molar-refractivity contribution is 7.92. The van der Waals surface area contributed by atoms with Crippen LogP contribution >= 0.6 is 0 Å². The number of para-hydroxylation sites is 1. The third-order valence-electron chi connectivity index (χ3n) is 5.46. The summed E-state index contributed by atoms with van der Waals surface area (Å²) in [5.74, 6) is -1.17. The molecule has 0 saturated heterocycles. The van der Waals surface area contributed by atoms with Gasteiger partial charge in [0.15, 0.2) is 0 Å². The minimum absolute atomic E-state index is 0.0711. The maximum Gasteiger partial charge on any atom is 0.337 e. The van der Waals surface area contributed by atoms with Crippen molar-refractivity contribution in [3.63, 3.8) is 0 Å². The first-order valence-corrected chi connectivity index (χ1v) is 12.9. The van der Waals surface area contributed by atoms with E-state index in [-0.39, 0.29) is 16.1 Å². The Labute approximate surface area is 186 Å². The predicted molar refractivity (Wildman–Crippen MR) is 126 cm³/mol. The lowest BCUT2D eigenvalue weighted by Gasteiger charge is -2.14. The Morgan fingerprint density at radius 2 is 1.35 bits per heavy atom. The standard InChI is InChI=1S/C25H35NO4S/c1-2-3-4-5-6-7-8-9-10-11-16-21-17-12-15-20-24(21)31(29,30)26-23-19-14-13-18-22(23)25(27)28/h12-15,17-20,26H,2-11,16H2,1H3,(H,27,28). The molecule has 0 spiro atoms. The summed E-state index contributed by atoms with van der Waals surface area (Å²) < 4.78 is 28.4. The van der Waals surface area contributed by atoms with Gasteiger partial charge in [-0.2, -0.15) is 0 Å². The summed E-state index contributed by atoms with van der Waals surface area (Å²) in [5, 5.41) is 9.31. The Kier molecular flexibility index (Phi) is 10.6. The van der Waals surface area contributed by atoms with Crippen molar-refractivity contribution < 1.29 is 18.3 Å². The fourth-order valence-corrected chi connectivity index (χ4v) is 5.08. The molecule has 0 bridgehead atoms. The van der Waals surface area contributed by atoms with E-state index < -0.39 is 16.0 Å². The predicted octanol–water partition coefficient (Wildman–Crippen LogP) is 6.65. The molecule has 0 aliphatic heterocycles. The van der Waals surface area contributed by atoms with Gasteiger partial charge in [-0.05, 0) is 36.6 Å². The van der Waals surface area contributed by atoms with E-state index in [1.54, 1.807) is 24.3 Å². The molecule has 0 aromatic heterocycles. The van der Waals surface area contributed by atoms with E-state index >= 15 is 0 Å². The van der Waals surface area contributed by atoms with Crippen LogP contribution in [0.25, 0.3) is 0 Å². The number of carboxylic acids is 1. The quantitative estimate of drug-likeness (QED) is 0.301. The van der Waals surface area contributed by atoms with E-state index in [0.29, 0.717) is 6.42 Å². The van der Waals surface area contributed by atoms with Gasteiger partial charge in [-0.3, -0.25) is 4.72 Å². The van der Waals surface area contributed by atoms with Gasteiger partial charge in [-0.1, -0.05) is 95.0 Å². The maximum atomic E-state index is 13.0. The van der Waals surface area contributed by atoms with Crippen molar-refractivity contribution in [2.24, 2.45) is 0 Å². The highest BCUT2D eigenvalue weighted by Gasteiger charge is 2.20. The highest BCUT2D eigenvalue weighted by atomic mass is 32.2. The molecule has 0 unspecified atom stereocenters. The number of sulfonamides is 1. The fraction of sp³-hybridized carbons (Fsp3) is 0.480. The van der Waals surface area contributed by atoms with Crippen molar-refractivity contribution in [3.05, 3.63) is 59.7 Å². The largest absolute Gasteiger partial charge is 0.478 e. The molecule has 31 heavy (non-hydrogen) atoms. The first-order chi connectivity index (χ1) is 15.0. The lowest BCUT2D eigenvalue weighted by molar-refractivity contribution is 0.0698. The molecule has 0 aliphatic carbocycles. The summed E-state index contributed by atoms with van der Waals surface area (Å²) in [7, 11) is -3.88. The second-order valence-corrected chi connectivity index (χ2v) is 9.65. The molecule has 0 heterocycles. The Bertz CT molecular complexity index is 925. The molecule has 0 aliphatic rings. The second-order valence-electron chi connectivity index (χ2n) is 8.00. The summed E-state index contributed by atoms with van der Waals surface area (Å²) in [5.41, 5.74) is 0.768. The number of hydrogen-bond acceptors (Lipinski definition) is 3. The van der Waals surface area contributed by atoms with Crippen molar-refractivity contribution in [2.45, 2.75) is 82.4 Å². The SMILES string of the molecule is CCCCCCCCCCCCc1ccccc1S(=O)(=O)Nc1ccccc1C(=O)O. The molecule has 170 valence electrons. The smallest absolute Gasteiger partial charge is 0.337 e. The summed E-state index contributed by atoms with van der Waals surface area (Å²) in [6.45, 7) is 2.23.